The highest BCUT2D eigenvalue weighted by molar-refractivity contribution is 7.98. The van der Waals surface area contributed by atoms with Gasteiger partial charge in [-0.05, 0) is 120 Å². The lowest BCUT2D eigenvalue weighted by atomic mass is 9.94. The number of thioether (sulfide) groups is 1. The van der Waals surface area contributed by atoms with Gasteiger partial charge < -0.3 is 23.1 Å². The second-order valence-corrected chi connectivity index (χ2v) is 31.1. The predicted octanol–water partition coefficient (Wildman–Crippen LogP) is 13.8. The predicted molar refractivity (Wildman–Crippen MR) is 271 cm³/mol. The lowest BCUT2D eigenvalue weighted by molar-refractivity contribution is -0.151. The Kier molecular flexibility index (Phi) is 16.3. The summed E-state index contributed by atoms with van der Waals surface area (Å²) in [7, 11) is -4.19. The molecular weight excluding hydrogens is 927 g/mol. The third-order valence-electron chi connectivity index (χ3n) is 12.7. The molecule has 3 aromatic carbocycles. The Balaban J connectivity index is 1.45. The van der Waals surface area contributed by atoms with E-state index < -0.39 is 28.7 Å². The topological polar surface area (TPSA) is 115 Å². The van der Waals surface area contributed by atoms with E-state index in [9.17, 15) is 9.18 Å². The lowest BCUT2D eigenvalue weighted by Gasteiger charge is -2.36. The van der Waals surface area contributed by atoms with Gasteiger partial charge in [-0.25, -0.2) is 29.1 Å². The molecular formula is C50H62ClFN4O6S2Si2. The highest BCUT2D eigenvalue weighted by atomic mass is 35.5. The van der Waals surface area contributed by atoms with Gasteiger partial charge in [-0.15, -0.1) is 11.3 Å². The van der Waals surface area contributed by atoms with Crippen LogP contribution in [0.4, 0.5) is 4.39 Å². The first-order valence-electron chi connectivity index (χ1n) is 22.1. The number of hydrogen-bond acceptors (Lipinski definition) is 12. The van der Waals surface area contributed by atoms with Crippen molar-refractivity contribution in [3.63, 3.8) is 0 Å². The summed E-state index contributed by atoms with van der Waals surface area (Å²) in [5.74, 6) is -0.184. The minimum absolute atomic E-state index is 0.0137. The maximum atomic E-state index is 14.4. The molecule has 66 heavy (non-hydrogen) atoms. The van der Waals surface area contributed by atoms with Crippen LogP contribution in [0.25, 0.3) is 31.8 Å². The molecule has 6 aromatic rings. The van der Waals surface area contributed by atoms with Crippen molar-refractivity contribution in [2.45, 2.75) is 129 Å². The third kappa shape index (κ3) is 11.9. The zero-order valence-electron chi connectivity index (χ0n) is 40.4. The fraction of sp³-hybridized carbons (Fsp3) is 0.420. The van der Waals surface area contributed by atoms with E-state index in [1.807, 2.05) is 49.6 Å². The number of fused-ring (bicyclic) bond motifs is 1. The van der Waals surface area contributed by atoms with E-state index in [0.29, 0.717) is 50.6 Å². The third-order valence-corrected chi connectivity index (χ3v) is 23.9. The zero-order chi connectivity index (χ0) is 48.2. The normalized spacial score (nSPS) is 13.0. The number of carbonyl (C=O) groups is 1. The Morgan fingerprint density at radius 3 is 2.20 bits per heavy atom. The van der Waals surface area contributed by atoms with Crippen molar-refractivity contribution in [2.24, 2.45) is 0 Å². The van der Waals surface area contributed by atoms with Crippen LogP contribution in [-0.2, 0) is 44.6 Å². The van der Waals surface area contributed by atoms with Crippen LogP contribution < -0.4 is 9.47 Å². The fourth-order valence-electron chi connectivity index (χ4n) is 6.61. The van der Waals surface area contributed by atoms with Crippen LogP contribution in [0.2, 0.25) is 41.3 Å². The van der Waals surface area contributed by atoms with Crippen molar-refractivity contribution in [3.8, 4) is 33.2 Å². The molecule has 0 aliphatic heterocycles. The summed E-state index contributed by atoms with van der Waals surface area (Å²) >= 11 is 10.1. The largest absolute Gasteiger partial charge is 0.487 e. The van der Waals surface area contributed by atoms with Crippen LogP contribution in [0, 0.1) is 12.7 Å². The maximum absolute atomic E-state index is 14.4. The molecule has 0 saturated carbocycles. The molecule has 0 unspecified atom stereocenters. The van der Waals surface area contributed by atoms with E-state index in [2.05, 4.69) is 77.7 Å². The Morgan fingerprint density at radius 2 is 1.55 bits per heavy atom. The number of esters is 1. The Hall–Kier alpha value is -4.23. The summed E-state index contributed by atoms with van der Waals surface area (Å²) in [6, 6.07) is 18.1. The summed E-state index contributed by atoms with van der Waals surface area (Å²) < 4.78 is 46.5. The molecule has 10 nitrogen and oxygen atoms in total. The highest BCUT2D eigenvalue weighted by Gasteiger charge is 2.38. The minimum atomic E-state index is -2.10. The highest BCUT2D eigenvalue weighted by Crippen LogP contribution is 2.49. The molecule has 0 spiro atoms. The van der Waals surface area contributed by atoms with Crippen molar-refractivity contribution in [1.29, 1.82) is 0 Å². The summed E-state index contributed by atoms with van der Waals surface area (Å²) in [4.78, 5) is 33.8. The number of rotatable bonds is 18. The van der Waals surface area contributed by atoms with Crippen molar-refractivity contribution in [1.82, 2.24) is 19.9 Å². The van der Waals surface area contributed by atoms with E-state index in [1.165, 1.54) is 41.6 Å². The first-order valence-corrected chi connectivity index (χ1v) is 30.3. The first-order chi connectivity index (χ1) is 31.0. The first kappa shape index (κ1) is 51.2. The molecule has 0 fully saturated rings. The number of carbonyl (C=O) groups excluding carboxylic acids is 1. The number of aromatic nitrogens is 4. The lowest BCUT2D eigenvalue weighted by Crippen LogP contribution is -2.40. The molecule has 3 heterocycles. The van der Waals surface area contributed by atoms with Crippen molar-refractivity contribution < 1.29 is 32.2 Å². The molecule has 0 radical (unpaired) electrons. The van der Waals surface area contributed by atoms with E-state index in [-0.39, 0.29) is 41.4 Å². The molecule has 1 atom stereocenters. The Labute approximate surface area is 404 Å². The van der Waals surface area contributed by atoms with Gasteiger partial charge in [0.25, 0.3) is 0 Å². The molecule has 0 saturated heterocycles. The van der Waals surface area contributed by atoms with Gasteiger partial charge in [0.2, 0.25) is 12.0 Å². The van der Waals surface area contributed by atoms with Crippen LogP contribution in [0.15, 0.2) is 78.3 Å². The second kappa shape index (κ2) is 21.0. The van der Waals surface area contributed by atoms with Crippen LogP contribution >= 0.6 is 34.7 Å². The quantitative estimate of drug-likeness (QED) is 0.0355. The zero-order valence-corrected chi connectivity index (χ0v) is 44.7. The monoisotopic (exact) mass is 988 g/mol. The average Bonchev–Trinajstić information content (AvgIpc) is 3.65. The molecule has 352 valence electrons. The molecule has 0 bridgehead atoms. The van der Waals surface area contributed by atoms with E-state index in [0.717, 1.165) is 38.3 Å². The van der Waals surface area contributed by atoms with E-state index >= 15 is 0 Å². The molecule has 0 aliphatic rings. The molecule has 16 heteroatoms. The van der Waals surface area contributed by atoms with Gasteiger partial charge in [-0.3, -0.25) is 0 Å². The number of ether oxygens (including phenoxy) is 3. The van der Waals surface area contributed by atoms with E-state index in [1.54, 1.807) is 25.3 Å². The van der Waals surface area contributed by atoms with Crippen LogP contribution in [-0.4, -0.2) is 61.5 Å². The average molecular weight is 990 g/mol. The van der Waals surface area contributed by atoms with Crippen LogP contribution in [0.5, 0.6) is 11.6 Å². The number of hydrogen-bond donors (Lipinski definition) is 0. The molecule has 0 aliphatic carbocycles. The SMILES string of the molecule is CCOC(=O)[C@@H](Cc1cc(CO[Si](C)(C)C(C)(C)C)ccc1OCc1ccnc(SC)n1)Oc1ncnc2sc(-c3ccc(F)cc3)c(-c3ccc(CO[Si](C)(C)C(C)(C)C)c(Cl)c3C)c12. The molecule has 0 N–H and O–H groups in total. The second-order valence-electron chi connectivity index (χ2n) is 19.3. The molecule has 0 amide bonds. The minimum Gasteiger partial charge on any atom is -0.487 e. The standard InChI is InChI=1S/C50H62ClFN4O6S2Si2/c1-14-58-47(57)40(26-35-25-32(27-60-65(10,11)49(3,4)5)15-22-39(35)59-29-37-23-24-53-48(56-37)63-9)62-45-42-41(44(64-46(42)55-30-54-45)33-16-19-36(52)20-17-33)38-21-18-34(43(51)31(38)2)28-61-66(12,13)50(6,7)8/h15-25,30,40H,14,26-29H2,1-13H3/t40-/m1/s1. The van der Waals surface area contributed by atoms with Crippen LogP contribution in [0.3, 0.4) is 0 Å². The van der Waals surface area contributed by atoms with Gasteiger partial charge >= 0.3 is 5.97 Å². The van der Waals surface area contributed by atoms with Gasteiger partial charge in [-0.2, -0.15) is 0 Å². The summed E-state index contributed by atoms with van der Waals surface area (Å²) in [6.07, 6.45) is 3.97. The van der Waals surface area contributed by atoms with Gasteiger partial charge in [-0.1, -0.05) is 95.2 Å². The smallest absolute Gasteiger partial charge is 0.347 e. The summed E-state index contributed by atoms with van der Waals surface area (Å²) in [6.45, 7) is 26.9. The van der Waals surface area contributed by atoms with Crippen LogP contribution in [0.1, 0.15) is 76.4 Å². The van der Waals surface area contributed by atoms with Crippen molar-refractivity contribution >= 4 is 67.5 Å². The number of thiophene rings is 1. The Morgan fingerprint density at radius 1 is 0.864 bits per heavy atom. The van der Waals surface area contributed by atoms with Crippen molar-refractivity contribution in [3.05, 3.63) is 112 Å². The Bertz CT molecular complexity index is 2670. The van der Waals surface area contributed by atoms with Crippen molar-refractivity contribution in [2.75, 3.05) is 12.9 Å². The molecule has 6 rings (SSSR count). The summed E-state index contributed by atoms with van der Waals surface area (Å²) in [5.41, 5.74) is 6.38. The number of benzene rings is 3. The van der Waals surface area contributed by atoms with Gasteiger partial charge in [0.1, 0.15) is 29.3 Å². The summed E-state index contributed by atoms with van der Waals surface area (Å²) in [5, 5.41) is 1.84. The van der Waals surface area contributed by atoms with Gasteiger partial charge in [0.15, 0.2) is 21.8 Å². The van der Waals surface area contributed by atoms with Gasteiger partial charge in [0.05, 0.1) is 30.9 Å². The maximum Gasteiger partial charge on any atom is 0.347 e. The van der Waals surface area contributed by atoms with Gasteiger partial charge in [0, 0.05) is 28.1 Å². The number of halogens is 2. The van der Waals surface area contributed by atoms with E-state index in [4.69, 9.17) is 44.6 Å². The molecule has 3 aromatic heterocycles. The number of nitrogens with zero attached hydrogens (tertiary/aromatic N) is 4. The fourth-order valence-corrected chi connectivity index (χ4v) is 10.3.